The number of carbonyl (C=O) groups is 1. The maximum Gasteiger partial charge on any atom is 0.336 e. The fourth-order valence-corrected chi connectivity index (χ4v) is 2.49. The first-order valence-electron chi connectivity index (χ1n) is 3.00. The van der Waals surface area contributed by atoms with Gasteiger partial charge in [-0.3, -0.25) is 0 Å². The number of carboxylic acid groups (broad SMARTS) is 1. The molecule has 0 amide bonds. The highest BCUT2D eigenvalue weighted by Gasteiger charge is 2.09. The molecular formula is C7H5I2NO2. The van der Waals surface area contributed by atoms with E-state index in [2.05, 4.69) is 22.6 Å². The first-order chi connectivity index (χ1) is 5.52. The highest BCUT2D eigenvalue weighted by atomic mass is 127. The maximum absolute atomic E-state index is 10.6. The molecule has 0 bridgehead atoms. The van der Waals surface area contributed by atoms with Crippen LogP contribution in [0.25, 0.3) is 0 Å². The second kappa shape index (κ2) is 3.77. The zero-order chi connectivity index (χ0) is 9.30. The topological polar surface area (TPSA) is 63.3 Å². The molecule has 0 saturated heterocycles. The van der Waals surface area contributed by atoms with Crippen LogP contribution in [0.1, 0.15) is 10.4 Å². The number of hydrogen-bond donors (Lipinski definition) is 2. The van der Waals surface area contributed by atoms with Crippen molar-refractivity contribution in [1.29, 1.82) is 0 Å². The molecule has 5 heteroatoms. The first kappa shape index (κ1) is 10.0. The molecule has 64 valence electrons. The number of nitrogens with two attached hydrogens (primary N) is 1. The summed E-state index contributed by atoms with van der Waals surface area (Å²) in [6, 6.07) is 3.23. The van der Waals surface area contributed by atoms with Gasteiger partial charge in [-0.2, -0.15) is 0 Å². The summed E-state index contributed by atoms with van der Waals surface area (Å²) in [6.07, 6.45) is 0. The molecule has 0 atom stereocenters. The molecule has 0 heterocycles. The first-order valence-corrected chi connectivity index (χ1v) is 5.16. The van der Waals surface area contributed by atoms with Crippen molar-refractivity contribution in [2.24, 2.45) is 0 Å². The van der Waals surface area contributed by atoms with Gasteiger partial charge in [0.25, 0.3) is 0 Å². The predicted octanol–water partition coefficient (Wildman–Crippen LogP) is 2.18. The number of nitrogen functional groups attached to an aromatic ring is 1. The molecule has 1 aromatic rings. The Kier molecular flexibility index (Phi) is 3.16. The third-order valence-corrected chi connectivity index (χ3v) is 3.14. The maximum atomic E-state index is 10.6. The third kappa shape index (κ3) is 2.00. The van der Waals surface area contributed by atoms with E-state index in [0.717, 1.165) is 3.57 Å². The zero-order valence-electron chi connectivity index (χ0n) is 5.84. The Hall–Kier alpha value is -0.0500. The van der Waals surface area contributed by atoms with Crippen LogP contribution in [0.2, 0.25) is 0 Å². The Balaban J connectivity index is 3.33. The van der Waals surface area contributed by atoms with Crippen LogP contribution in [0.5, 0.6) is 0 Å². The van der Waals surface area contributed by atoms with E-state index in [4.69, 9.17) is 10.8 Å². The third-order valence-electron chi connectivity index (χ3n) is 1.32. The molecule has 3 N–H and O–H groups in total. The lowest BCUT2D eigenvalue weighted by Gasteiger charge is -2.02. The van der Waals surface area contributed by atoms with Gasteiger partial charge >= 0.3 is 5.97 Å². The van der Waals surface area contributed by atoms with E-state index in [1.165, 1.54) is 6.07 Å². The molecule has 0 radical (unpaired) electrons. The van der Waals surface area contributed by atoms with Gasteiger partial charge in [-0.05, 0) is 57.3 Å². The molecule has 0 aliphatic heterocycles. The highest BCUT2D eigenvalue weighted by molar-refractivity contribution is 14.1. The molecule has 12 heavy (non-hydrogen) atoms. The van der Waals surface area contributed by atoms with Crippen LogP contribution in [0.15, 0.2) is 12.1 Å². The van der Waals surface area contributed by atoms with Gasteiger partial charge in [0.05, 0.1) is 5.56 Å². The molecule has 1 aromatic carbocycles. The number of benzene rings is 1. The second-order valence-corrected chi connectivity index (χ2v) is 4.48. The number of carboxylic acids is 1. The van der Waals surface area contributed by atoms with Gasteiger partial charge in [0, 0.05) is 12.8 Å². The van der Waals surface area contributed by atoms with Crippen LogP contribution in [-0.4, -0.2) is 11.1 Å². The van der Waals surface area contributed by atoms with Crippen LogP contribution >= 0.6 is 45.2 Å². The van der Waals surface area contributed by atoms with Gasteiger partial charge in [-0.25, -0.2) is 4.79 Å². The molecule has 0 unspecified atom stereocenters. The molecule has 0 aromatic heterocycles. The summed E-state index contributed by atoms with van der Waals surface area (Å²) >= 11 is 4.04. The van der Waals surface area contributed by atoms with E-state index in [1.54, 1.807) is 6.07 Å². The van der Waals surface area contributed by atoms with Gasteiger partial charge in [-0.15, -0.1) is 0 Å². The molecule has 0 spiro atoms. The molecule has 0 aliphatic carbocycles. The Labute approximate surface area is 96.6 Å². The Bertz CT molecular complexity index is 338. The molecule has 0 aliphatic rings. The van der Waals surface area contributed by atoms with Crippen LogP contribution in [0.3, 0.4) is 0 Å². The average molecular weight is 389 g/mol. The van der Waals surface area contributed by atoms with Crippen molar-refractivity contribution in [2.75, 3.05) is 5.73 Å². The summed E-state index contributed by atoms with van der Waals surface area (Å²) in [7, 11) is 0. The summed E-state index contributed by atoms with van der Waals surface area (Å²) in [6.45, 7) is 0. The summed E-state index contributed by atoms with van der Waals surface area (Å²) in [4.78, 5) is 10.6. The average Bonchev–Trinajstić information content (AvgIpc) is 1.96. The van der Waals surface area contributed by atoms with Gasteiger partial charge in [0.1, 0.15) is 0 Å². The minimum atomic E-state index is -0.942. The van der Waals surface area contributed by atoms with Crippen molar-refractivity contribution < 1.29 is 9.90 Å². The zero-order valence-corrected chi connectivity index (χ0v) is 10.2. The standard InChI is InChI=1S/C7H5I2NO2/c8-4-2-5(9)6(10)1-3(4)7(11)12/h1-2H,10H2,(H,11,12). The lowest BCUT2D eigenvalue weighted by Crippen LogP contribution is -2.02. The quantitative estimate of drug-likeness (QED) is 0.572. The van der Waals surface area contributed by atoms with Crippen molar-refractivity contribution in [3.63, 3.8) is 0 Å². The Morgan fingerprint density at radius 3 is 2.42 bits per heavy atom. The van der Waals surface area contributed by atoms with Crippen molar-refractivity contribution in [3.05, 3.63) is 24.8 Å². The fourth-order valence-electron chi connectivity index (χ4n) is 0.730. The number of anilines is 1. The second-order valence-electron chi connectivity index (χ2n) is 2.16. The van der Waals surface area contributed by atoms with E-state index >= 15 is 0 Å². The van der Waals surface area contributed by atoms with Crippen molar-refractivity contribution in [3.8, 4) is 0 Å². The number of aromatic carboxylic acids is 1. The van der Waals surface area contributed by atoms with Gasteiger partial charge < -0.3 is 10.8 Å². The van der Waals surface area contributed by atoms with Gasteiger partial charge in [-0.1, -0.05) is 0 Å². The highest BCUT2D eigenvalue weighted by Crippen LogP contribution is 2.22. The van der Waals surface area contributed by atoms with E-state index in [9.17, 15) is 4.79 Å². The van der Waals surface area contributed by atoms with Crippen LogP contribution in [0.4, 0.5) is 5.69 Å². The molecule has 0 fully saturated rings. The van der Waals surface area contributed by atoms with Crippen LogP contribution in [-0.2, 0) is 0 Å². The van der Waals surface area contributed by atoms with Crippen LogP contribution in [0, 0.1) is 7.14 Å². The normalized spacial score (nSPS) is 9.83. The van der Waals surface area contributed by atoms with Crippen molar-refractivity contribution in [1.82, 2.24) is 0 Å². The molecule has 1 rings (SSSR count). The van der Waals surface area contributed by atoms with E-state index in [0.29, 0.717) is 9.26 Å². The number of rotatable bonds is 1. The SMILES string of the molecule is Nc1cc(C(=O)O)c(I)cc1I. The molecule has 3 nitrogen and oxygen atoms in total. The lowest BCUT2D eigenvalue weighted by molar-refractivity contribution is 0.0696. The molecular weight excluding hydrogens is 384 g/mol. The Morgan fingerprint density at radius 2 is 1.92 bits per heavy atom. The fraction of sp³-hybridized carbons (Fsp3) is 0. The smallest absolute Gasteiger partial charge is 0.336 e. The van der Waals surface area contributed by atoms with Gasteiger partial charge in [0.2, 0.25) is 0 Å². The largest absolute Gasteiger partial charge is 0.478 e. The predicted molar refractivity (Wildman–Crippen MR) is 63.2 cm³/mol. The van der Waals surface area contributed by atoms with Crippen molar-refractivity contribution in [2.45, 2.75) is 0 Å². The van der Waals surface area contributed by atoms with Crippen molar-refractivity contribution >= 4 is 56.8 Å². The minimum absolute atomic E-state index is 0.258. The minimum Gasteiger partial charge on any atom is -0.478 e. The summed E-state index contributed by atoms with van der Waals surface area (Å²) < 4.78 is 1.58. The lowest BCUT2D eigenvalue weighted by atomic mass is 10.2. The monoisotopic (exact) mass is 389 g/mol. The molecule has 0 saturated carbocycles. The number of hydrogen-bond acceptors (Lipinski definition) is 2. The van der Waals surface area contributed by atoms with Gasteiger partial charge in [0.15, 0.2) is 0 Å². The summed E-state index contributed by atoms with van der Waals surface area (Å²) in [5.74, 6) is -0.942. The van der Waals surface area contributed by atoms with E-state index in [1.807, 2.05) is 22.6 Å². The summed E-state index contributed by atoms with van der Waals surface area (Å²) in [5, 5.41) is 8.72. The Morgan fingerprint density at radius 1 is 1.33 bits per heavy atom. The summed E-state index contributed by atoms with van der Waals surface area (Å²) in [5.41, 5.74) is 6.32. The van der Waals surface area contributed by atoms with Crippen LogP contribution < -0.4 is 5.73 Å². The van der Waals surface area contributed by atoms with E-state index in [-0.39, 0.29) is 5.56 Å². The number of halogens is 2. The van der Waals surface area contributed by atoms with E-state index < -0.39 is 5.97 Å².